The molecule has 2 aromatic heterocycles. The predicted molar refractivity (Wildman–Crippen MR) is 215 cm³/mol. The molecule has 0 bridgehead atoms. The van der Waals surface area contributed by atoms with Gasteiger partial charge in [0.05, 0.1) is 28.3 Å². The number of para-hydroxylation sites is 2. The molecule has 10 aromatic rings. The molecular weight excluding hydrogens is 641 g/mol. The lowest BCUT2D eigenvalue weighted by Gasteiger charge is -2.43. The summed E-state index contributed by atoms with van der Waals surface area (Å²) in [6.07, 6.45) is 0. The molecule has 51 heavy (non-hydrogen) atoms. The molecule has 0 aliphatic carbocycles. The highest BCUT2D eigenvalue weighted by molar-refractivity contribution is 7.26. The topological polar surface area (TPSA) is 32.3 Å². The van der Waals surface area contributed by atoms with Gasteiger partial charge in [-0.3, -0.25) is 0 Å². The average Bonchev–Trinajstić information content (AvgIpc) is 3.60. The van der Waals surface area contributed by atoms with Gasteiger partial charge in [0, 0.05) is 47.6 Å². The van der Waals surface area contributed by atoms with Crippen LogP contribution in [0.3, 0.4) is 0 Å². The molecule has 4 nitrogen and oxygen atoms in total. The highest BCUT2D eigenvalue weighted by Gasteiger charge is 2.37. The Morgan fingerprint density at radius 1 is 0.490 bits per heavy atom. The number of benzene rings is 8. The predicted octanol–water partition coefficient (Wildman–Crippen LogP) is 12.8. The van der Waals surface area contributed by atoms with Crippen LogP contribution in [-0.4, -0.2) is 9.97 Å². The maximum absolute atomic E-state index is 5.53. The fraction of sp³-hybridized carbons (Fsp3) is 0. The van der Waals surface area contributed by atoms with Gasteiger partial charge in [-0.2, -0.15) is 0 Å². The van der Waals surface area contributed by atoms with E-state index >= 15 is 0 Å². The summed E-state index contributed by atoms with van der Waals surface area (Å²) < 4.78 is 2.52. The highest BCUT2D eigenvalue weighted by Crippen LogP contribution is 2.58. The Hall–Kier alpha value is -6.56. The first kappa shape index (κ1) is 28.3. The Morgan fingerprint density at radius 3 is 1.92 bits per heavy atom. The van der Waals surface area contributed by atoms with Crippen molar-refractivity contribution in [1.29, 1.82) is 0 Å². The number of hydrogen-bond donors (Lipinski definition) is 0. The van der Waals surface area contributed by atoms with Crippen molar-refractivity contribution in [1.82, 2.24) is 9.97 Å². The van der Waals surface area contributed by atoms with Crippen molar-refractivity contribution in [2.75, 3.05) is 10.0 Å². The first-order chi connectivity index (χ1) is 25.3. The fourth-order valence-corrected chi connectivity index (χ4v) is 9.15. The molecule has 0 atom stereocenters. The van der Waals surface area contributed by atoms with E-state index in [4.69, 9.17) is 9.97 Å². The third-order valence-electron chi connectivity index (χ3n) is 10.1. The normalized spacial score (nSPS) is 12.6. The van der Waals surface area contributed by atoms with Gasteiger partial charge in [-0.15, -0.1) is 11.3 Å². The number of rotatable bonds is 3. The lowest BCUT2D eigenvalue weighted by atomic mass is 9.88. The van der Waals surface area contributed by atoms with Crippen LogP contribution in [0.15, 0.2) is 170 Å². The monoisotopic (exact) mass is 668 g/mol. The molecule has 0 radical (unpaired) electrons. The van der Waals surface area contributed by atoms with Crippen molar-refractivity contribution in [2.45, 2.75) is 0 Å². The van der Waals surface area contributed by atoms with E-state index in [0.717, 1.165) is 39.2 Å². The summed E-state index contributed by atoms with van der Waals surface area (Å²) in [5.74, 6) is 0.614. The summed E-state index contributed by atoms with van der Waals surface area (Å²) in [4.78, 5) is 11.0. The molecule has 3 heterocycles. The minimum absolute atomic E-state index is 0.614. The van der Waals surface area contributed by atoms with Crippen LogP contribution in [0.1, 0.15) is 0 Å². The summed E-state index contributed by atoms with van der Waals surface area (Å²) in [5, 5.41) is 12.9. The van der Waals surface area contributed by atoms with Gasteiger partial charge in [-0.25, -0.2) is 20.0 Å². The Morgan fingerprint density at radius 2 is 1.12 bits per heavy atom. The van der Waals surface area contributed by atoms with Crippen molar-refractivity contribution >= 4 is 87.0 Å². The van der Waals surface area contributed by atoms with Crippen molar-refractivity contribution in [3.05, 3.63) is 170 Å². The van der Waals surface area contributed by atoms with Crippen LogP contribution >= 0.6 is 11.3 Å². The summed E-state index contributed by atoms with van der Waals surface area (Å²) >= 11 is 1.86. The molecule has 0 saturated carbocycles. The summed E-state index contributed by atoms with van der Waals surface area (Å²) in [7, 11) is 0. The van der Waals surface area contributed by atoms with Crippen LogP contribution in [0.2, 0.25) is 0 Å². The Balaban J connectivity index is 1.37. The molecule has 0 fully saturated rings. The van der Waals surface area contributed by atoms with Crippen LogP contribution < -0.4 is 10.0 Å². The van der Waals surface area contributed by atoms with E-state index in [1.165, 1.54) is 52.8 Å². The standard InChI is InChI=1S/C46H28N4S/c1-3-15-29(16-4-1)43-35-23-11-13-25-38(35)47-46(48-43)50-44-41(33-21-9-10-22-34(33)45-42(44)36-24-12-14-26-40(36)51-45)37-27-30-17-7-8-18-31(30)28-39(37)49(50)32-19-5-2-6-20-32/h1-28H. The zero-order valence-electron chi connectivity index (χ0n) is 27.4. The number of aromatic nitrogens is 2. The first-order valence-electron chi connectivity index (χ1n) is 17.2. The lowest BCUT2D eigenvalue weighted by Crippen LogP contribution is -2.40. The average molecular weight is 669 g/mol. The number of thiophene rings is 1. The van der Waals surface area contributed by atoms with E-state index < -0.39 is 0 Å². The van der Waals surface area contributed by atoms with E-state index in [1.54, 1.807) is 0 Å². The molecule has 0 unspecified atom stereocenters. The number of hydrogen-bond acceptors (Lipinski definition) is 5. The molecule has 8 aromatic carbocycles. The van der Waals surface area contributed by atoms with Crippen molar-refractivity contribution in [3.63, 3.8) is 0 Å². The number of nitrogens with zero attached hydrogens (tertiary/aromatic N) is 4. The molecule has 0 N–H and O–H groups in total. The van der Waals surface area contributed by atoms with E-state index in [-0.39, 0.29) is 0 Å². The molecule has 1 aliphatic heterocycles. The minimum atomic E-state index is 0.614. The summed E-state index contributed by atoms with van der Waals surface area (Å²) in [5.41, 5.74) is 8.41. The third-order valence-corrected chi connectivity index (χ3v) is 11.3. The third kappa shape index (κ3) is 4.19. The molecule has 1 aliphatic rings. The van der Waals surface area contributed by atoms with Crippen LogP contribution in [-0.2, 0) is 0 Å². The Kier molecular flexibility index (Phi) is 6.09. The molecular formula is C46H28N4S. The second kappa shape index (κ2) is 11.0. The van der Waals surface area contributed by atoms with Gasteiger partial charge in [0.1, 0.15) is 0 Å². The number of fused-ring (bicyclic) bond motifs is 12. The zero-order valence-corrected chi connectivity index (χ0v) is 28.2. The Labute approximate surface area is 298 Å². The van der Waals surface area contributed by atoms with Crippen molar-refractivity contribution in [2.24, 2.45) is 0 Å². The van der Waals surface area contributed by atoms with Crippen LogP contribution in [0, 0.1) is 0 Å². The van der Waals surface area contributed by atoms with Gasteiger partial charge >= 0.3 is 0 Å². The zero-order chi connectivity index (χ0) is 33.5. The molecule has 238 valence electrons. The van der Waals surface area contributed by atoms with Crippen LogP contribution in [0.4, 0.5) is 23.0 Å². The first-order valence-corrected chi connectivity index (χ1v) is 18.0. The number of hydrazine groups is 1. The van der Waals surface area contributed by atoms with Gasteiger partial charge in [0.15, 0.2) is 0 Å². The van der Waals surface area contributed by atoms with Gasteiger partial charge in [0.2, 0.25) is 0 Å². The van der Waals surface area contributed by atoms with E-state index in [9.17, 15) is 0 Å². The fourth-order valence-electron chi connectivity index (χ4n) is 7.91. The van der Waals surface area contributed by atoms with E-state index in [1.807, 2.05) is 11.3 Å². The molecule has 5 heteroatoms. The Bertz CT molecular complexity index is 2990. The quantitative estimate of drug-likeness (QED) is 0.188. The van der Waals surface area contributed by atoms with Crippen LogP contribution in [0.25, 0.3) is 75.0 Å². The molecule has 0 spiro atoms. The van der Waals surface area contributed by atoms with E-state index in [0.29, 0.717) is 5.95 Å². The van der Waals surface area contributed by atoms with Gasteiger partial charge in [0.25, 0.3) is 5.95 Å². The van der Waals surface area contributed by atoms with Gasteiger partial charge in [-0.05, 0) is 52.6 Å². The van der Waals surface area contributed by atoms with Crippen molar-refractivity contribution in [3.8, 4) is 22.4 Å². The maximum atomic E-state index is 5.53. The minimum Gasteiger partial charge on any atom is -0.246 e. The summed E-state index contributed by atoms with van der Waals surface area (Å²) in [6.45, 7) is 0. The lowest BCUT2D eigenvalue weighted by molar-refractivity contribution is 0.932. The SMILES string of the molecule is c1ccc(-c2nc(N3c4c(c5ccccc5c5sc6ccccc6c45)-c4cc5ccccc5cc4N3c3ccccc3)nc3ccccc23)cc1. The van der Waals surface area contributed by atoms with E-state index in [2.05, 4.69) is 180 Å². The van der Waals surface area contributed by atoms with Gasteiger partial charge < -0.3 is 0 Å². The second-order valence-electron chi connectivity index (χ2n) is 13.0. The smallest absolute Gasteiger partial charge is 0.246 e. The highest BCUT2D eigenvalue weighted by atomic mass is 32.1. The van der Waals surface area contributed by atoms with Gasteiger partial charge in [-0.1, -0.05) is 133 Å². The molecule has 11 rings (SSSR count). The van der Waals surface area contributed by atoms with Crippen molar-refractivity contribution < 1.29 is 0 Å². The maximum Gasteiger partial charge on any atom is 0.251 e. The number of anilines is 4. The summed E-state index contributed by atoms with van der Waals surface area (Å²) in [6, 6.07) is 60.5. The van der Waals surface area contributed by atoms with Crippen LogP contribution in [0.5, 0.6) is 0 Å². The molecule has 0 amide bonds. The molecule has 0 saturated heterocycles. The second-order valence-corrected chi connectivity index (χ2v) is 14.1. The largest absolute Gasteiger partial charge is 0.251 e.